The number of aryl methyl sites for hydroxylation is 1. The standard InChI is InChI=1S/C14H10N2O2S/c1-9-5-6-11(7-12(9)14(17)18)19-13-4-2-3-10(8-15)16-13/h2-7H,1H3,(H,17,18). The van der Waals surface area contributed by atoms with Gasteiger partial charge in [-0.2, -0.15) is 5.26 Å². The van der Waals surface area contributed by atoms with Gasteiger partial charge in [0.05, 0.1) is 5.56 Å². The third-order valence-corrected chi connectivity index (χ3v) is 3.43. The largest absolute Gasteiger partial charge is 0.478 e. The van der Waals surface area contributed by atoms with Gasteiger partial charge in [-0.1, -0.05) is 23.9 Å². The molecule has 0 saturated carbocycles. The molecule has 0 bridgehead atoms. The van der Waals surface area contributed by atoms with E-state index < -0.39 is 5.97 Å². The lowest BCUT2D eigenvalue weighted by Crippen LogP contribution is -1.99. The summed E-state index contributed by atoms with van der Waals surface area (Å²) in [6.07, 6.45) is 0. The predicted molar refractivity (Wildman–Crippen MR) is 71.2 cm³/mol. The summed E-state index contributed by atoms with van der Waals surface area (Å²) in [6, 6.07) is 12.4. The van der Waals surface area contributed by atoms with Gasteiger partial charge in [0, 0.05) is 4.90 Å². The van der Waals surface area contributed by atoms with Crippen molar-refractivity contribution in [2.45, 2.75) is 16.8 Å². The van der Waals surface area contributed by atoms with Gasteiger partial charge in [-0.25, -0.2) is 9.78 Å². The summed E-state index contributed by atoms with van der Waals surface area (Å²) in [5, 5.41) is 18.5. The number of carboxylic acid groups (broad SMARTS) is 1. The average molecular weight is 270 g/mol. The first-order valence-electron chi connectivity index (χ1n) is 5.49. The molecule has 1 aromatic carbocycles. The van der Waals surface area contributed by atoms with E-state index in [0.717, 1.165) is 10.5 Å². The van der Waals surface area contributed by atoms with Crippen molar-refractivity contribution in [3.05, 3.63) is 53.2 Å². The van der Waals surface area contributed by atoms with Crippen LogP contribution in [0.3, 0.4) is 0 Å². The van der Waals surface area contributed by atoms with Crippen molar-refractivity contribution in [2.24, 2.45) is 0 Å². The zero-order valence-electron chi connectivity index (χ0n) is 10.1. The fraction of sp³-hybridized carbons (Fsp3) is 0.0714. The van der Waals surface area contributed by atoms with Crippen LogP contribution < -0.4 is 0 Å². The van der Waals surface area contributed by atoms with Gasteiger partial charge in [0.2, 0.25) is 0 Å². The molecule has 19 heavy (non-hydrogen) atoms. The van der Waals surface area contributed by atoms with Crippen LogP contribution in [0.2, 0.25) is 0 Å². The van der Waals surface area contributed by atoms with Gasteiger partial charge < -0.3 is 5.11 Å². The summed E-state index contributed by atoms with van der Waals surface area (Å²) < 4.78 is 0. The lowest BCUT2D eigenvalue weighted by atomic mass is 10.1. The number of nitrogens with zero attached hydrogens (tertiary/aromatic N) is 2. The van der Waals surface area contributed by atoms with Crippen LogP contribution in [0.5, 0.6) is 0 Å². The molecule has 0 saturated heterocycles. The van der Waals surface area contributed by atoms with Crippen molar-refractivity contribution >= 4 is 17.7 Å². The Labute approximate surface area is 114 Å². The van der Waals surface area contributed by atoms with Gasteiger partial charge in [0.15, 0.2) is 0 Å². The molecule has 0 fully saturated rings. The van der Waals surface area contributed by atoms with Gasteiger partial charge in [-0.15, -0.1) is 0 Å². The van der Waals surface area contributed by atoms with Crippen LogP contribution >= 0.6 is 11.8 Å². The summed E-state index contributed by atoms with van der Waals surface area (Å²) in [5.74, 6) is -0.946. The van der Waals surface area contributed by atoms with E-state index >= 15 is 0 Å². The lowest BCUT2D eigenvalue weighted by molar-refractivity contribution is 0.0696. The molecule has 94 valence electrons. The molecule has 1 aromatic heterocycles. The molecule has 0 atom stereocenters. The number of aromatic nitrogens is 1. The molecule has 0 aliphatic heterocycles. The first-order valence-corrected chi connectivity index (χ1v) is 6.31. The van der Waals surface area contributed by atoms with E-state index in [2.05, 4.69) is 4.98 Å². The smallest absolute Gasteiger partial charge is 0.335 e. The molecule has 5 heteroatoms. The van der Waals surface area contributed by atoms with E-state index in [0.29, 0.717) is 10.7 Å². The highest BCUT2D eigenvalue weighted by atomic mass is 32.2. The third-order valence-electron chi connectivity index (χ3n) is 2.50. The topological polar surface area (TPSA) is 74.0 Å². The van der Waals surface area contributed by atoms with E-state index in [1.807, 2.05) is 12.1 Å². The van der Waals surface area contributed by atoms with E-state index in [4.69, 9.17) is 10.4 Å². The molecule has 0 unspecified atom stereocenters. The summed E-state index contributed by atoms with van der Waals surface area (Å²) in [4.78, 5) is 16.0. The lowest BCUT2D eigenvalue weighted by Gasteiger charge is -2.05. The van der Waals surface area contributed by atoms with Crippen molar-refractivity contribution in [2.75, 3.05) is 0 Å². The van der Waals surface area contributed by atoms with Crippen LogP contribution in [-0.2, 0) is 0 Å². The first-order chi connectivity index (χ1) is 9.10. The van der Waals surface area contributed by atoms with Crippen molar-refractivity contribution in [1.82, 2.24) is 4.98 Å². The van der Waals surface area contributed by atoms with Crippen molar-refractivity contribution in [3.63, 3.8) is 0 Å². The van der Waals surface area contributed by atoms with Crippen molar-refractivity contribution in [3.8, 4) is 6.07 Å². The molecule has 1 heterocycles. The first kappa shape index (κ1) is 13.1. The Morgan fingerprint density at radius 3 is 2.84 bits per heavy atom. The molecule has 0 radical (unpaired) electrons. The number of aromatic carboxylic acids is 1. The van der Waals surface area contributed by atoms with Gasteiger partial charge >= 0.3 is 5.97 Å². The van der Waals surface area contributed by atoms with Crippen LogP contribution in [0, 0.1) is 18.3 Å². The highest BCUT2D eigenvalue weighted by Crippen LogP contribution is 2.27. The van der Waals surface area contributed by atoms with Gasteiger partial charge in [0.1, 0.15) is 16.8 Å². The molecule has 4 nitrogen and oxygen atoms in total. The molecular formula is C14H10N2O2S. The van der Waals surface area contributed by atoms with Crippen LogP contribution in [0.15, 0.2) is 46.3 Å². The number of hydrogen-bond donors (Lipinski definition) is 1. The fourth-order valence-electron chi connectivity index (χ4n) is 1.55. The van der Waals surface area contributed by atoms with Gasteiger partial charge in [-0.05, 0) is 36.8 Å². The third kappa shape index (κ3) is 3.12. The van der Waals surface area contributed by atoms with Crippen molar-refractivity contribution < 1.29 is 9.90 Å². The van der Waals surface area contributed by atoms with Crippen LogP contribution in [0.4, 0.5) is 0 Å². The van der Waals surface area contributed by atoms with E-state index in [9.17, 15) is 4.79 Å². The maximum absolute atomic E-state index is 11.1. The number of rotatable bonds is 3. The fourth-order valence-corrected chi connectivity index (χ4v) is 2.39. The Hall–Kier alpha value is -2.32. The Kier molecular flexibility index (Phi) is 3.83. The number of nitriles is 1. The van der Waals surface area contributed by atoms with Crippen LogP contribution in [0.1, 0.15) is 21.6 Å². The Bertz CT molecular complexity index is 677. The second-order valence-corrected chi connectivity index (χ2v) is 4.95. The minimum absolute atomic E-state index is 0.279. The maximum atomic E-state index is 11.1. The monoisotopic (exact) mass is 270 g/mol. The van der Waals surface area contributed by atoms with Crippen molar-refractivity contribution in [1.29, 1.82) is 5.26 Å². The van der Waals surface area contributed by atoms with Crippen LogP contribution in [-0.4, -0.2) is 16.1 Å². The second-order valence-electron chi connectivity index (χ2n) is 3.86. The number of pyridine rings is 1. The summed E-state index contributed by atoms with van der Waals surface area (Å²) in [5.41, 5.74) is 1.34. The Morgan fingerprint density at radius 2 is 2.16 bits per heavy atom. The zero-order chi connectivity index (χ0) is 13.8. The number of benzene rings is 1. The Morgan fingerprint density at radius 1 is 1.37 bits per heavy atom. The quantitative estimate of drug-likeness (QED) is 0.927. The predicted octanol–water partition coefficient (Wildman–Crippen LogP) is 3.11. The zero-order valence-corrected chi connectivity index (χ0v) is 10.9. The molecule has 0 spiro atoms. The minimum Gasteiger partial charge on any atom is -0.478 e. The van der Waals surface area contributed by atoms with E-state index in [1.54, 1.807) is 37.3 Å². The molecule has 0 amide bonds. The minimum atomic E-state index is -0.946. The maximum Gasteiger partial charge on any atom is 0.335 e. The van der Waals surface area contributed by atoms with Crippen LogP contribution in [0.25, 0.3) is 0 Å². The molecular weight excluding hydrogens is 260 g/mol. The molecule has 0 aliphatic carbocycles. The average Bonchev–Trinajstić information content (AvgIpc) is 2.41. The van der Waals surface area contributed by atoms with Gasteiger partial charge in [-0.3, -0.25) is 0 Å². The number of carbonyl (C=O) groups is 1. The molecule has 2 aromatic rings. The SMILES string of the molecule is Cc1ccc(Sc2cccc(C#N)n2)cc1C(=O)O. The summed E-state index contributed by atoms with van der Waals surface area (Å²) in [6.45, 7) is 1.76. The number of hydrogen-bond acceptors (Lipinski definition) is 4. The number of carboxylic acids is 1. The summed E-state index contributed by atoms with van der Waals surface area (Å²) >= 11 is 1.33. The highest BCUT2D eigenvalue weighted by molar-refractivity contribution is 7.99. The van der Waals surface area contributed by atoms with E-state index in [-0.39, 0.29) is 5.56 Å². The van der Waals surface area contributed by atoms with E-state index in [1.165, 1.54) is 11.8 Å². The molecule has 1 N–H and O–H groups in total. The highest BCUT2D eigenvalue weighted by Gasteiger charge is 2.09. The molecule has 0 aliphatic rings. The second kappa shape index (κ2) is 5.55. The summed E-state index contributed by atoms with van der Waals surface area (Å²) in [7, 11) is 0. The van der Waals surface area contributed by atoms with Gasteiger partial charge in [0.25, 0.3) is 0 Å². The molecule has 2 rings (SSSR count). The normalized spacial score (nSPS) is 9.89. The Balaban J connectivity index is 2.31.